The molecule has 0 fully saturated rings. The first-order chi connectivity index (χ1) is 15.3. The SMILES string of the molecule is O=C(Cc1ncc(C(F)(F)F)cc1Cl)NCCCNC(=O)Cc1ncc(C(F)(F)F)cc1Cl. The number of pyridine rings is 2. The van der Waals surface area contributed by atoms with Crippen LogP contribution in [-0.2, 0) is 34.8 Å². The minimum Gasteiger partial charge on any atom is -0.356 e. The Labute approximate surface area is 193 Å². The molecule has 2 aromatic heterocycles. The van der Waals surface area contributed by atoms with E-state index in [4.69, 9.17) is 23.2 Å². The molecule has 180 valence electrons. The van der Waals surface area contributed by atoms with Gasteiger partial charge >= 0.3 is 12.4 Å². The average Bonchev–Trinajstić information content (AvgIpc) is 2.69. The number of carbonyl (C=O) groups excluding carboxylic acids is 2. The van der Waals surface area contributed by atoms with Crippen molar-refractivity contribution in [2.45, 2.75) is 31.6 Å². The van der Waals surface area contributed by atoms with E-state index >= 15 is 0 Å². The molecule has 0 aliphatic heterocycles. The Bertz CT molecular complexity index is 935. The Morgan fingerprint density at radius 1 is 0.758 bits per heavy atom. The third-order valence-electron chi connectivity index (χ3n) is 4.14. The normalized spacial score (nSPS) is 11.9. The van der Waals surface area contributed by atoms with E-state index < -0.39 is 35.3 Å². The minimum atomic E-state index is -4.60. The summed E-state index contributed by atoms with van der Waals surface area (Å²) in [7, 11) is 0. The second-order valence-corrected chi connectivity index (χ2v) is 7.52. The van der Waals surface area contributed by atoms with Gasteiger partial charge in [-0.15, -0.1) is 0 Å². The summed E-state index contributed by atoms with van der Waals surface area (Å²) in [5.41, 5.74) is -2.09. The number of aromatic nitrogens is 2. The number of nitrogens with zero attached hydrogens (tertiary/aromatic N) is 2. The molecule has 0 saturated heterocycles. The van der Waals surface area contributed by atoms with Crippen LogP contribution in [0.2, 0.25) is 10.0 Å². The van der Waals surface area contributed by atoms with Gasteiger partial charge < -0.3 is 10.6 Å². The summed E-state index contributed by atoms with van der Waals surface area (Å²) in [5, 5.41) is 4.43. The summed E-state index contributed by atoms with van der Waals surface area (Å²) >= 11 is 11.5. The van der Waals surface area contributed by atoms with Crippen molar-refractivity contribution >= 4 is 35.0 Å². The number of nitrogens with one attached hydrogen (secondary N) is 2. The molecule has 0 aliphatic carbocycles. The predicted molar refractivity (Wildman–Crippen MR) is 107 cm³/mol. The van der Waals surface area contributed by atoms with Crippen LogP contribution in [0, 0.1) is 0 Å². The second kappa shape index (κ2) is 11.0. The van der Waals surface area contributed by atoms with Crippen molar-refractivity contribution in [1.82, 2.24) is 20.6 Å². The first-order valence-electron chi connectivity index (χ1n) is 9.24. The molecule has 0 saturated carbocycles. The van der Waals surface area contributed by atoms with E-state index in [1.54, 1.807) is 0 Å². The molecular weight excluding hydrogens is 501 g/mol. The fraction of sp³-hybridized carbons (Fsp3) is 0.368. The lowest BCUT2D eigenvalue weighted by atomic mass is 10.2. The maximum Gasteiger partial charge on any atom is 0.417 e. The second-order valence-electron chi connectivity index (χ2n) is 6.71. The van der Waals surface area contributed by atoms with Crippen LogP contribution in [0.15, 0.2) is 24.5 Å². The Balaban J connectivity index is 1.72. The molecule has 0 aromatic carbocycles. The zero-order chi connectivity index (χ0) is 24.8. The summed E-state index contributed by atoms with van der Waals surface area (Å²) in [6.07, 6.45) is -8.39. The van der Waals surface area contributed by atoms with Gasteiger partial charge in [-0.2, -0.15) is 26.3 Å². The van der Waals surface area contributed by atoms with Crippen LogP contribution in [0.1, 0.15) is 28.9 Å². The van der Waals surface area contributed by atoms with Crippen LogP contribution < -0.4 is 10.6 Å². The van der Waals surface area contributed by atoms with E-state index in [1.807, 2.05) is 0 Å². The molecule has 0 bridgehead atoms. The Kier molecular flexibility index (Phi) is 8.89. The number of rotatable bonds is 8. The van der Waals surface area contributed by atoms with Gasteiger partial charge in [0.15, 0.2) is 0 Å². The highest BCUT2D eigenvalue weighted by molar-refractivity contribution is 6.31. The molecule has 2 heterocycles. The fourth-order valence-electron chi connectivity index (χ4n) is 2.48. The maximum atomic E-state index is 12.6. The molecule has 2 N–H and O–H groups in total. The monoisotopic (exact) mass is 516 g/mol. The number of hydrogen-bond donors (Lipinski definition) is 2. The summed E-state index contributed by atoms with van der Waals surface area (Å²) in [4.78, 5) is 30.9. The summed E-state index contributed by atoms with van der Waals surface area (Å²) in [6.45, 7) is 0.271. The Morgan fingerprint density at radius 3 is 1.42 bits per heavy atom. The molecule has 2 aromatic rings. The standard InChI is InChI=1S/C19H16Cl2F6N4O2/c20-12-4-10(18(22,23)24)8-30-14(12)6-16(32)28-2-1-3-29-17(33)7-15-13(21)5-11(9-31-15)19(25,26)27/h4-5,8-9H,1-3,6-7H2,(H,28,32)(H,29,33). The highest BCUT2D eigenvalue weighted by Crippen LogP contribution is 2.32. The van der Waals surface area contributed by atoms with E-state index in [1.165, 1.54) is 0 Å². The largest absolute Gasteiger partial charge is 0.417 e. The van der Waals surface area contributed by atoms with E-state index in [0.717, 1.165) is 0 Å². The number of hydrogen-bond acceptors (Lipinski definition) is 4. The van der Waals surface area contributed by atoms with E-state index in [9.17, 15) is 35.9 Å². The zero-order valence-electron chi connectivity index (χ0n) is 16.6. The van der Waals surface area contributed by atoms with Gasteiger partial charge in [-0.3, -0.25) is 19.6 Å². The molecule has 0 radical (unpaired) electrons. The molecule has 2 amide bonds. The van der Waals surface area contributed by atoms with Crippen molar-refractivity contribution in [1.29, 1.82) is 0 Å². The molecule has 14 heteroatoms. The minimum absolute atomic E-state index is 0.0172. The highest BCUT2D eigenvalue weighted by atomic mass is 35.5. The van der Waals surface area contributed by atoms with Crippen molar-refractivity contribution in [2.24, 2.45) is 0 Å². The lowest BCUT2D eigenvalue weighted by Crippen LogP contribution is -2.31. The lowest BCUT2D eigenvalue weighted by Gasteiger charge is -2.10. The van der Waals surface area contributed by atoms with Gasteiger partial charge in [0.05, 0.1) is 45.4 Å². The van der Waals surface area contributed by atoms with Gasteiger partial charge in [0.2, 0.25) is 11.8 Å². The number of halogens is 8. The van der Waals surface area contributed by atoms with Crippen molar-refractivity contribution in [3.8, 4) is 0 Å². The smallest absolute Gasteiger partial charge is 0.356 e. The van der Waals surface area contributed by atoms with Gasteiger partial charge in [-0.05, 0) is 18.6 Å². The number of carbonyl (C=O) groups is 2. The molecule has 6 nitrogen and oxygen atoms in total. The van der Waals surface area contributed by atoms with Crippen LogP contribution in [-0.4, -0.2) is 34.9 Å². The molecule has 2 rings (SSSR count). The van der Waals surface area contributed by atoms with E-state index in [0.29, 0.717) is 30.9 Å². The summed E-state index contributed by atoms with van der Waals surface area (Å²) in [5.74, 6) is -1.06. The van der Waals surface area contributed by atoms with Crippen molar-refractivity contribution in [3.63, 3.8) is 0 Å². The van der Waals surface area contributed by atoms with Crippen LogP contribution in [0.25, 0.3) is 0 Å². The number of alkyl halides is 6. The van der Waals surface area contributed by atoms with Crippen molar-refractivity contribution < 1.29 is 35.9 Å². The van der Waals surface area contributed by atoms with Gasteiger partial charge in [0, 0.05) is 25.5 Å². The van der Waals surface area contributed by atoms with Crippen LogP contribution in [0.3, 0.4) is 0 Å². The predicted octanol–water partition coefficient (Wildman–Crippen LogP) is 4.23. The van der Waals surface area contributed by atoms with E-state index in [2.05, 4.69) is 20.6 Å². The first-order valence-corrected chi connectivity index (χ1v) is 9.99. The third-order valence-corrected chi connectivity index (χ3v) is 4.80. The van der Waals surface area contributed by atoms with Gasteiger partial charge in [-0.1, -0.05) is 23.2 Å². The van der Waals surface area contributed by atoms with Gasteiger partial charge in [-0.25, -0.2) is 0 Å². The average molecular weight is 517 g/mol. The lowest BCUT2D eigenvalue weighted by molar-refractivity contribution is -0.138. The fourth-order valence-corrected chi connectivity index (χ4v) is 2.94. The summed E-state index contributed by atoms with van der Waals surface area (Å²) in [6, 6.07) is 1.37. The van der Waals surface area contributed by atoms with Gasteiger partial charge in [0.25, 0.3) is 0 Å². The maximum absolute atomic E-state index is 12.6. The Morgan fingerprint density at radius 2 is 1.12 bits per heavy atom. The first kappa shape index (κ1) is 26.7. The quantitative estimate of drug-likeness (QED) is 0.406. The molecule has 0 unspecified atom stereocenters. The third kappa shape index (κ3) is 8.35. The van der Waals surface area contributed by atoms with Crippen LogP contribution in [0.5, 0.6) is 0 Å². The molecule has 0 atom stereocenters. The van der Waals surface area contributed by atoms with Crippen LogP contribution in [0.4, 0.5) is 26.3 Å². The zero-order valence-corrected chi connectivity index (χ0v) is 18.1. The topological polar surface area (TPSA) is 84.0 Å². The Hall–Kier alpha value is -2.60. The van der Waals surface area contributed by atoms with Gasteiger partial charge in [0.1, 0.15) is 0 Å². The molecule has 33 heavy (non-hydrogen) atoms. The van der Waals surface area contributed by atoms with E-state index in [-0.39, 0.29) is 47.4 Å². The van der Waals surface area contributed by atoms with Crippen molar-refractivity contribution in [2.75, 3.05) is 13.1 Å². The molecule has 0 aliphatic rings. The van der Waals surface area contributed by atoms with Crippen LogP contribution >= 0.6 is 23.2 Å². The highest BCUT2D eigenvalue weighted by Gasteiger charge is 2.32. The molecular formula is C19H16Cl2F6N4O2. The molecule has 0 spiro atoms. The van der Waals surface area contributed by atoms with Crippen molar-refractivity contribution in [3.05, 3.63) is 57.1 Å². The summed E-state index contributed by atoms with van der Waals surface area (Å²) < 4.78 is 75.6. The number of amides is 2.